The number of amides is 1. The van der Waals surface area contributed by atoms with E-state index in [4.69, 9.17) is 4.74 Å². The van der Waals surface area contributed by atoms with Crippen LogP contribution in [0.15, 0.2) is 55.0 Å². The zero-order valence-corrected chi connectivity index (χ0v) is 15.6. The first-order chi connectivity index (χ1) is 13.7. The van der Waals surface area contributed by atoms with Crippen LogP contribution in [0.2, 0.25) is 0 Å². The molecule has 1 amide bonds. The number of aromatic nitrogens is 5. The number of nitrogens with zero attached hydrogens (tertiary/aromatic N) is 5. The number of rotatable bonds is 6. The number of ether oxygens (including phenoxy) is 1. The van der Waals surface area contributed by atoms with Crippen LogP contribution in [-0.4, -0.2) is 37.6 Å². The molecule has 0 bridgehead atoms. The average molecular weight is 398 g/mol. The minimum absolute atomic E-state index is 0.324. The number of hydrogen-bond acceptors (Lipinski definition) is 6. The second kappa shape index (κ2) is 7.71. The summed E-state index contributed by atoms with van der Waals surface area (Å²) in [5.41, 5.74) is 0.964. The van der Waals surface area contributed by atoms with E-state index >= 15 is 0 Å². The van der Waals surface area contributed by atoms with Gasteiger partial charge in [-0.15, -0.1) is 10.2 Å². The predicted octanol–water partition coefficient (Wildman–Crippen LogP) is 3.05. The van der Waals surface area contributed by atoms with Crippen LogP contribution in [0, 0.1) is 5.82 Å². The Hall–Kier alpha value is -3.37. The minimum atomic E-state index is -0.378. The molecule has 28 heavy (non-hydrogen) atoms. The second-order valence-corrected chi connectivity index (χ2v) is 6.81. The van der Waals surface area contributed by atoms with Gasteiger partial charge in [-0.05, 0) is 36.4 Å². The normalized spacial score (nSPS) is 10.9. The number of benzene rings is 1. The molecule has 0 aliphatic carbocycles. The summed E-state index contributed by atoms with van der Waals surface area (Å²) < 4.78 is 21.6. The molecule has 0 unspecified atom stereocenters. The minimum Gasteiger partial charge on any atom is -0.377 e. The number of carbonyl (C=O) groups excluding carboxylic acids is 1. The van der Waals surface area contributed by atoms with E-state index in [-0.39, 0.29) is 11.7 Å². The van der Waals surface area contributed by atoms with E-state index < -0.39 is 0 Å². The second-order valence-electron chi connectivity index (χ2n) is 5.75. The van der Waals surface area contributed by atoms with Gasteiger partial charge in [-0.1, -0.05) is 11.3 Å². The maximum absolute atomic E-state index is 13.3. The summed E-state index contributed by atoms with van der Waals surface area (Å²) >= 11 is 1.23. The zero-order valence-electron chi connectivity index (χ0n) is 14.7. The molecule has 0 atom stereocenters. The van der Waals surface area contributed by atoms with Gasteiger partial charge in [0, 0.05) is 19.5 Å². The van der Waals surface area contributed by atoms with E-state index in [9.17, 15) is 9.18 Å². The third kappa shape index (κ3) is 3.55. The van der Waals surface area contributed by atoms with E-state index in [0.29, 0.717) is 33.8 Å². The lowest BCUT2D eigenvalue weighted by molar-refractivity contribution is 0.102. The number of halogens is 1. The van der Waals surface area contributed by atoms with Crippen molar-refractivity contribution in [2.75, 3.05) is 12.4 Å². The third-order valence-corrected chi connectivity index (χ3v) is 4.68. The van der Waals surface area contributed by atoms with Gasteiger partial charge in [0.15, 0.2) is 5.82 Å². The van der Waals surface area contributed by atoms with Crippen molar-refractivity contribution >= 4 is 22.4 Å². The molecule has 0 aliphatic heterocycles. The molecule has 0 spiro atoms. The van der Waals surface area contributed by atoms with Crippen molar-refractivity contribution in [3.63, 3.8) is 0 Å². The average Bonchev–Trinajstić information content (AvgIpc) is 3.43. The summed E-state index contributed by atoms with van der Waals surface area (Å²) in [5.74, 6) is -0.201. The van der Waals surface area contributed by atoms with Crippen LogP contribution in [0.1, 0.15) is 15.4 Å². The lowest BCUT2D eigenvalue weighted by atomic mass is 10.3. The number of nitrogens with one attached hydrogen (secondary N) is 1. The van der Waals surface area contributed by atoms with Crippen LogP contribution in [-0.2, 0) is 11.3 Å². The molecule has 3 aromatic heterocycles. The molecule has 0 radical (unpaired) electrons. The fourth-order valence-corrected chi connectivity index (χ4v) is 3.35. The van der Waals surface area contributed by atoms with Gasteiger partial charge in [0.25, 0.3) is 5.91 Å². The lowest BCUT2D eigenvalue weighted by Gasteiger charge is -2.10. The largest absolute Gasteiger partial charge is 0.377 e. The number of hydrogen-bond donors (Lipinski definition) is 1. The molecule has 10 heteroatoms. The van der Waals surface area contributed by atoms with Gasteiger partial charge in [0.2, 0.25) is 5.13 Å². The summed E-state index contributed by atoms with van der Waals surface area (Å²) in [6.07, 6.45) is 5.07. The van der Waals surface area contributed by atoms with E-state index in [1.165, 1.54) is 29.7 Å². The molecule has 4 aromatic rings. The first-order valence-corrected chi connectivity index (χ1v) is 9.07. The van der Waals surface area contributed by atoms with Crippen molar-refractivity contribution in [2.45, 2.75) is 6.61 Å². The van der Waals surface area contributed by atoms with Gasteiger partial charge in [-0.3, -0.25) is 10.1 Å². The summed E-state index contributed by atoms with van der Waals surface area (Å²) in [6, 6.07) is 9.55. The quantitative estimate of drug-likeness (QED) is 0.539. The van der Waals surface area contributed by atoms with Gasteiger partial charge in [0.1, 0.15) is 23.0 Å². The summed E-state index contributed by atoms with van der Waals surface area (Å²) in [7, 11) is 1.56. The molecular formula is C18H15FN6O2S. The third-order valence-electron chi connectivity index (χ3n) is 3.86. The van der Waals surface area contributed by atoms with Crippen molar-refractivity contribution in [3.05, 3.63) is 71.4 Å². The molecule has 0 fully saturated rings. The highest BCUT2D eigenvalue weighted by Crippen LogP contribution is 2.22. The van der Waals surface area contributed by atoms with Crippen molar-refractivity contribution in [1.82, 2.24) is 24.5 Å². The monoisotopic (exact) mass is 398 g/mol. The van der Waals surface area contributed by atoms with Crippen LogP contribution in [0.4, 0.5) is 9.52 Å². The molecule has 1 N–H and O–H groups in total. The van der Waals surface area contributed by atoms with E-state index in [1.807, 2.05) is 12.1 Å². The molecule has 4 rings (SSSR count). The van der Waals surface area contributed by atoms with Gasteiger partial charge >= 0.3 is 0 Å². The Labute approximate surface area is 163 Å². The number of carbonyl (C=O) groups is 1. The first kappa shape index (κ1) is 18.0. The Bertz CT molecular complexity index is 1090. The first-order valence-electron chi connectivity index (χ1n) is 8.25. The number of methoxy groups -OCH3 is 1. The molecule has 0 saturated carbocycles. The highest BCUT2D eigenvalue weighted by atomic mass is 32.1. The Kier molecular flexibility index (Phi) is 4.96. The Morgan fingerprint density at radius 2 is 1.96 bits per heavy atom. The maximum atomic E-state index is 13.3. The van der Waals surface area contributed by atoms with Gasteiger partial charge in [0.05, 0.1) is 11.9 Å². The molecular weight excluding hydrogens is 383 g/mol. The van der Waals surface area contributed by atoms with Crippen LogP contribution in [0.25, 0.3) is 11.5 Å². The van der Waals surface area contributed by atoms with Crippen LogP contribution >= 0.6 is 11.3 Å². The van der Waals surface area contributed by atoms with E-state index in [2.05, 4.69) is 20.6 Å². The Morgan fingerprint density at radius 1 is 1.21 bits per heavy atom. The van der Waals surface area contributed by atoms with Crippen LogP contribution in [0.5, 0.6) is 0 Å². The van der Waals surface area contributed by atoms with Crippen LogP contribution < -0.4 is 5.32 Å². The summed E-state index contributed by atoms with van der Waals surface area (Å²) in [5, 5.41) is 16.0. The molecule has 0 aliphatic rings. The fourth-order valence-electron chi connectivity index (χ4n) is 2.65. The molecule has 8 nitrogen and oxygen atoms in total. The van der Waals surface area contributed by atoms with E-state index in [1.54, 1.807) is 40.9 Å². The Morgan fingerprint density at radius 3 is 2.68 bits per heavy atom. The molecule has 1 aromatic carbocycles. The molecule has 3 heterocycles. The van der Waals surface area contributed by atoms with Crippen molar-refractivity contribution in [2.24, 2.45) is 0 Å². The maximum Gasteiger partial charge on any atom is 0.262 e. The topological polar surface area (TPSA) is 86.9 Å². The summed E-state index contributed by atoms with van der Waals surface area (Å²) in [6.45, 7) is 0.324. The SMILES string of the molecule is COCc1nnc(NC(=O)c2cnn(-c3ccc(F)cc3)c2-n2cccc2)s1. The number of anilines is 1. The zero-order chi connectivity index (χ0) is 19.5. The summed E-state index contributed by atoms with van der Waals surface area (Å²) in [4.78, 5) is 12.9. The molecule has 0 saturated heterocycles. The van der Waals surface area contributed by atoms with E-state index in [0.717, 1.165) is 0 Å². The van der Waals surface area contributed by atoms with Crippen molar-refractivity contribution in [1.29, 1.82) is 0 Å². The standard InChI is InChI=1S/C18H15FN6O2S/c1-27-11-15-22-23-18(28-15)21-16(26)14-10-20-25(13-6-4-12(19)5-7-13)17(14)24-8-2-3-9-24/h2-10H,11H2,1H3,(H,21,23,26). The molecule has 142 valence electrons. The predicted molar refractivity (Wildman–Crippen MR) is 101 cm³/mol. The van der Waals surface area contributed by atoms with Gasteiger partial charge in [-0.2, -0.15) is 5.10 Å². The van der Waals surface area contributed by atoms with Crippen molar-refractivity contribution < 1.29 is 13.9 Å². The van der Waals surface area contributed by atoms with Crippen LogP contribution in [0.3, 0.4) is 0 Å². The van der Waals surface area contributed by atoms with Crippen molar-refractivity contribution in [3.8, 4) is 11.5 Å². The fraction of sp³-hybridized carbons (Fsp3) is 0.111. The van der Waals surface area contributed by atoms with Gasteiger partial charge in [-0.25, -0.2) is 9.07 Å². The smallest absolute Gasteiger partial charge is 0.262 e. The highest BCUT2D eigenvalue weighted by Gasteiger charge is 2.21. The highest BCUT2D eigenvalue weighted by molar-refractivity contribution is 7.15. The lowest BCUT2D eigenvalue weighted by Crippen LogP contribution is -2.15. The Balaban J connectivity index is 1.70. The van der Waals surface area contributed by atoms with Gasteiger partial charge < -0.3 is 9.30 Å².